The fraction of sp³-hybridized carbons (Fsp3) is 0.364. The Labute approximate surface area is 198 Å². The van der Waals surface area contributed by atoms with Crippen LogP contribution in [-0.2, 0) is 10.9 Å². The molecule has 1 aliphatic heterocycles. The van der Waals surface area contributed by atoms with Crippen molar-refractivity contribution < 1.29 is 22.7 Å². The number of hydrogen-bond acceptors (Lipinski definition) is 7. The minimum atomic E-state index is -4.63. The molecule has 3 aromatic rings. The maximum atomic E-state index is 13.2. The Morgan fingerprint density at radius 1 is 1.18 bits per heavy atom. The highest BCUT2D eigenvalue weighted by molar-refractivity contribution is 6.35. The average Bonchev–Trinajstić information content (AvgIpc) is 2.84. The normalized spacial score (nSPS) is 15.8. The molecule has 1 aliphatic rings. The summed E-state index contributed by atoms with van der Waals surface area (Å²) >= 11 is 6.36. The van der Waals surface area contributed by atoms with E-state index in [2.05, 4.69) is 25.6 Å². The zero-order valence-corrected chi connectivity index (χ0v) is 19.0. The number of nitrogens with one attached hydrogen (secondary N) is 2. The fourth-order valence-electron chi connectivity index (χ4n) is 3.83. The van der Waals surface area contributed by atoms with Crippen LogP contribution in [0.15, 0.2) is 36.7 Å². The lowest BCUT2D eigenvalue weighted by atomic mass is 10.1. The van der Waals surface area contributed by atoms with Crippen molar-refractivity contribution in [3.63, 3.8) is 0 Å². The predicted octanol–water partition coefficient (Wildman–Crippen LogP) is 3.54. The van der Waals surface area contributed by atoms with E-state index in [4.69, 9.17) is 16.3 Å². The molecule has 1 fully saturated rings. The van der Waals surface area contributed by atoms with E-state index in [1.54, 1.807) is 31.3 Å². The Bertz CT molecular complexity index is 1170. The number of benzene rings is 1. The second kappa shape index (κ2) is 10.1. The summed E-state index contributed by atoms with van der Waals surface area (Å²) in [6.45, 7) is 2.16. The van der Waals surface area contributed by atoms with Gasteiger partial charge in [0.05, 0.1) is 35.4 Å². The molecule has 1 aromatic carbocycles. The van der Waals surface area contributed by atoms with Gasteiger partial charge in [-0.2, -0.15) is 13.2 Å². The summed E-state index contributed by atoms with van der Waals surface area (Å²) in [7, 11) is 1.74. The molecule has 180 valence electrons. The fourth-order valence-corrected chi connectivity index (χ4v) is 4.08. The van der Waals surface area contributed by atoms with E-state index >= 15 is 0 Å². The Hall–Kier alpha value is -3.02. The minimum absolute atomic E-state index is 0.113. The molecule has 1 saturated heterocycles. The molecule has 0 radical (unpaired) electrons. The third-order valence-corrected chi connectivity index (χ3v) is 5.87. The van der Waals surface area contributed by atoms with Crippen molar-refractivity contribution in [2.24, 2.45) is 0 Å². The highest BCUT2D eigenvalue weighted by atomic mass is 35.5. The number of amides is 1. The number of rotatable bonds is 6. The third-order valence-electron chi connectivity index (χ3n) is 5.56. The van der Waals surface area contributed by atoms with Crippen molar-refractivity contribution in [2.45, 2.75) is 12.2 Å². The molecule has 8 nitrogen and oxygen atoms in total. The van der Waals surface area contributed by atoms with Crippen molar-refractivity contribution in [1.29, 1.82) is 0 Å². The number of nitrogens with zero attached hydrogens (tertiary/aromatic N) is 4. The van der Waals surface area contributed by atoms with E-state index in [1.165, 1.54) is 0 Å². The molecule has 4 rings (SSSR count). The number of pyridine rings is 1. The number of halogens is 4. The molecule has 1 amide bonds. The number of hydrogen-bond donors (Lipinski definition) is 2. The number of carbonyl (C=O) groups excluding carboxylic acids is 1. The molecule has 1 atom stereocenters. The Morgan fingerprint density at radius 2 is 1.88 bits per heavy atom. The van der Waals surface area contributed by atoms with Gasteiger partial charge in [0, 0.05) is 50.0 Å². The highest BCUT2D eigenvalue weighted by Gasteiger charge is 2.35. The number of ether oxygens (including phenoxy) is 1. The van der Waals surface area contributed by atoms with Crippen LogP contribution in [0, 0.1) is 0 Å². The predicted molar refractivity (Wildman–Crippen MR) is 121 cm³/mol. The molecule has 0 saturated carbocycles. The Morgan fingerprint density at radius 3 is 2.53 bits per heavy atom. The molecule has 2 aromatic heterocycles. The lowest BCUT2D eigenvalue weighted by molar-refractivity contribution is -0.145. The van der Waals surface area contributed by atoms with Crippen molar-refractivity contribution >= 4 is 34.2 Å². The van der Waals surface area contributed by atoms with Crippen LogP contribution in [0.1, 0.15) is 27.8 Å². The molecular formula is C22H22ClF3N6O2. The second-order valence-corrected chi connectivity index (χ2v) is 8.05. The lowest BCUT2D eigenvalue weighted by Gasteiger charge is -2.34. The van der Waals surface area contributed by atoms with E-state index in [-0.39, 0.29) is 17.1 Å². The van der Waals surface area contributed by atoms with Crippen LogP contribution in [-0.4, -0.2) is 65.7 Å². The number of carbonyl (C=O) groups is 1. The number of anilines is 1. The van der Waals surface area contributed by atoms with Gasteiger partial charge in [0.15, 0.2) is 0 Å². The van der Waals surface area contributed by atoms with E-state index in [9.17, 15) is 18.0 Å². The summed E-state index contributed by atoms with van der Waals surface area (Å²) in [5, 5.41) is 6.68. The van der Waals surface area contributed by atoms with Gasteiger partial charge in [0.25, 0.3) is 5.91 Å². The average molecular weight is 495 g/mol. The Balaban J connectivity index is 1.59. The molecule has 0 aliphatic carbocycles. The molecule has 0 bridgehead atoms. The first kappa shape index (κ1) is 24.1. The summed E-state index contributed by atoms with van der Waals surface area (Å²) in [6, 6.07) is 6.39. The summed E-state index contributed by atoms with van der Waals surface area (Å²) < 4.78 is 44.1. The zero-order valence-electron chi connectivity index (χ0n) is 18.2. The molecule has 34 heavy (non-hydrogen) atoms. The number of alkyl halides is 3. The maximum Gasteiger partial charge on any atom is 0.451 e. The number of morpholine rings is 1. The smallest absolute Gasteiger partial charge is 0.379 e. The van der Waals surface area contributed by atoms with Gasteiger partial charge in [-0.1, -0.05) is 11.6 Å². The molecule has 12 heteroatoms. The van der Waals surface area contributed by atoms with E-state index in [0.29, 0.717) is 48.6 Å². The molecule has 1 unspecified atom stereocenters. The third kappa shape index (κ3) is 5.21. The monoisotopic (exact) mass is 494 g/mol. The van der Waals surface area contributed by atoms with Gasteiger partial charge in [0.1, 0.15) is 5.82 Å². The van der Waals surface area contributed by atoms with Crippen LogP contribution in [0.3, 0.4) is 0 Å². The largest absolute Gasteiger partial charge is 0.451 e. The first-order chi connectivity index (χ1) is 16.3. The van der Waals surface area contributed by atoms with Crippen LogP contribution in [0.5, 0.6) is 0 Å². The van der Waals surface area contributed by atoms with Crippen LogP contribution in [0.2, 0.25) is 5.02 Å². The van der Waals surface area contributed by atoms with Gasteiger partial charge in [-0.3, -0.25) is 9.69 Å². The molecule has 3 heterocycles. The van der Waals surface area contributed by atoms with Gasteiger partial charge < -0.3 is 15.4 Å². The lowest BCUT2D eigenvalue weighted by Crippen LogP contribution is -2.44. The maximum absolute atomic E-state index is 13.2. The molecular weight excluding hydrogens is 473 g/mol. The van der Waals surface area contributed by atoms with Crippen LogP contribution in [0.25, 0.3) is 10.9 Å². The van der Waals surface area contributed by atoms with E-state index < -0.39 is 23.9 Å². The van der Waals surface area contributed by atoms with E-state index in [1.807, 2.05) is 4.90 Å². The van der Waals surface area contributed by atoms with Crippen LogP contribution in [0.4, 0.5) is 19.0 Å². The highest BCUT2D eigenvalue weighted by Crippen LogP contribution is 2.29. The molecule has 2 N–H and O–H groups in total. The van der Waals surface area contributed by atoms with Gasteiger partial charge in [-0.25, -0.2) is 15.0 Å². The van der Waals surface area contributed by atoms with Gasteiger partial charge >= 0.3 is 6.18 Å². The van der Waals surface area contributed by atoms with Crippen LogP contribution >= 0.6 is 11.6 Å². The first-order valence-electron chi connectivity index (χ1n) is 10.5. The standard InChI is InChI=1S/C22H22ClF3N6O2/c1-27-18-5-2-14-16(31-18)4-3-15(23)19(14)20(33)28-12-17(32-6-8-34-9-7-32)13-10-29-21(30-11-13)22(24,25)26/h2-5,10-11,17H,6-9,12H2,1H3,(H,27,31)(H,28,33). The minimum Gasteiger partial charge on any atom is -0.379 e. The van der Waals surface area contributed by atoms with Crippen molar-refractivity contribution in [3.05, 3.63) is 58.6 Å². The van der Waals surface area contributed by atoms with Gasteiger partial charge in [-0.15, -0.1) is 0 Å². The molecule has 0 spiro atoms. The van der Waals surface area contributed by atoms with Gasteiger partial charge in [-0.05, 0) is 24.3 Å². The SMILES string of the molecule is CNc1ccc2c(C(=O)NCC(c3cnc(C(F)(F)F)nc3)N3CCOCC3)c(Cl)ccc2n1. The topological polar surface area (TPSA) is 92.3 Å². The quantitative estimate of drug-likeness (QED) is 0.541. The first-order valence-corrected chi connectivity index (χ1v) is 10.9. The summed E-state index contributed by atoms with van der Waals surface area (Å²) in [5.41, 5.74) is 1.33. The summed E-state index contributed by atoms with van der Waals surface area (Å²) in [6.07, 6.45) is -2.33. The second-order valence-electron chi connectivity index (χ2n) is 7.65. The summed E-state index contributed by atoms with van der Waals surface area (Å²) in [5.74, 6) is -0.978. The zero-order chi connectivity index (χ0) is 24.3. The van der Waals surface area contributed by atoms with E-state index in [0.717, 1.165) is 12.4 Å². The Kier molecular flexibility index (Phi) is 7.15. The number of aromatic nitrogens is 3. The van der Waals surface area contributed by atoms with Gasteiger partial charge in [0.2, 0.25) is 5.82 Å². The van der Waals surface area contributed by atoms with Crippen molar-refractivity contribution in [2.75, 3.05) is 45.2 Å². The van der Waals surface area contributed by atoms with Crippen molar-refractivity contribution in [1.82, 2.24) is 25.2 Å². The summed E-state index contributed by atoms with van der Waals surface area (Å²) in [4.78, 5) is 26.6. The van der Waals surface area contributed by atoms with Crippen LogP contribution < -0.4 is 10.6 Å². The number of fused-ring (bicyclic) bond motifs is 1. The van der Waals surface area contributed by atoms with Crippen molar-refractivity contribution in [3.8, 4) is 0 Å².